The summed E-state index contributed by atoms with van der Waals surface area (Å²) in [4.78, 5) is 23.7. The predicted molar refractivity (Wildman–Crippen MR) is 97.5 cm³/mol. The molecular weight excluding hydrogens is 316 g/mol. The fraction of sp³-hybridized carbons (Fsp3) is 0.238. The van der Waals surface area contributed by atoms with E-state index in [0.29, 0.717) is 30.6 Å². The third-order valence-electron chi connectivity index (χ3n) is 3.77. The molecule has 0 aliphatic heterocycles. The number of ether oxygens (including phenoxy) is 2. The molecule has 0 N–H and O–H groups in total. The van der Waals surface area contributed by atoms with Crippen molar-refractivity contribution in [1.29, 1.82) is 0 Å². The Morgan fingerprint density at radius 1 is 0.960 bits per heavy atom. The summed E-state index contributed by atoms with van der Waals surface area (Å²) in [6.45, 7) is 2.59. The van der Waals surface area contributed by atoms with Crippen LogP contribution in [0.15, 0.2) is 54.8 Å². The topological polar surface area (TPSA) is 52.6 Å². The van der Waals surface area contributed by atoms with Crippen LogP contribution in [0.2, 0.25) is 0 Å². The number of Topliss-reactive ketones (excluding diaryl/α,β-unsaturated/α-hetero) is 1. The first-order valence-electron chi connectivity index (χ1n) is 8.22. The average molecular weight is 338 g/mol. The number of aryl methyl sites for hydroxylation is 1. The molecule has 4 heteroatoms. The van der Waals surface area contributed by atoms with Crippen LogP contribution in [-0.2, 0) is 15.9 Å². The molecule has 0 aliphatic carbocycles. The van der Waals surface area contributed by atoms with Crippen LogP contribution < -0.4 is 0 Å². The summed E-state index contributed by atoms with van der Waals surface area (Å²) in [6.07, 6.45) is 4.68. The summed E-state index contributed by atoms with van der Waals surface area (Å²) in [5.74, 6) is -0.353. The Bertz CT molecular complexity index is 727. The molecule has 2 aromatic carbocycles. The smallest absolute Gasteiger partial charge is 0.337 e. The normalized spacial score (nSPS) is 10.6. The monoisotopic (exact) mass is 338 g/mol. The number of carbonyl (C=O) groups excluding carboxylic acids is 2. The van der Waals surface area contributed by atoms with Gasteiger partial charge in [0.2, 0.25) is 0 Å². The van der Waals surface area contributed by atoms with Gasteiger partial charge < -0.3 is 9.47 Å². The van der Waals surface area contributed by atoms with Gasteiger partial charge in [-0.25, -0.2) is 4.79 Å². The first kappa shape index (κ1) is 18.5. The van der Waals surface area contributed by atoms with Gasteiger partial charge in [-0.1, -0.05) is 36.4 Å². The Morgan fingerprint density at radius 2 is 1.60 bits per heavy atom. The SMILES string of the molecule is CCO/C=C/c1ccc(CCC(=O)c2ccc(C(=O)OC)cc2)cc1. The van der Waals surface area contributed by atoms with Crippen molar-refractivity contribution in [2.45, 2.75) is 19.8 Å². The van der Waals surface area contributed by atoms with Crippen LogP contribution in [0.3, 0.4) is 0 Å². The molecule has 0 fully saturated rings. The van der Waals surface area contributed by atoms with Crippen LogP contribution >= 0.6 is 0 Å². The van der Waals surface area contributed by atoms with E-state index in [4.69, 9.17) is 4.74 Å². The van der Waals surface area contributed by atoms with Gasteiger partial charge in [-0.05, 0) is 42.7 Å². The Balaban J connectivity index is 1.90. The molecule has 2 aromatic rings. The van der Waals surface area contributed by atoms with E-state index in [9.17, 15) is 9.59 Å². The van der Waals surface area contributed by atoms with Crippen molar-refractivity contribution < 1.29 is 19.1 Å². The van der Waals surface area contributed by atoms with Crippen LogP contribution in [0.5, 0.6) is 0 Å². The first-order chi connectivity index (χ1) is 12.1. The Hall–Kier alpha value is -2.88. The molecule has 0 atom stereocenters. The highest BCUT2D eigenvalue weighted by Crippen LogP contribution is 2.12. The molecule has 0 amide bonds. The van der Waals surface area contributed by atoms with Crippen molar-refractivity contribution >= 4 is 17.8 Å². The number of hydrogen-bond acceptors (Lipinski definition) is 4. The predicted octanol–water partition coefficient (Wildman–Crippen LogP) is 4.30. The summed E-state index contributed by atoms with van der Waals surface area (Å²) in [5.41, 5.74) is 3.20. The van der Waals surface area contributed by atoms with Gasteiger partial charge in [-0.3, -0.25) is 4.79 Å². The van der Waals surface area contributed by atoms with E-state index < -0.39 is 5.97 Å². The van der Waals surface area contributed by atoms with E-state index in [2.05, 4.69) is 4.74 Å². The second kappa shape index (κ2) is 9.42. The summed E-state index contributed by atoms with van der Waals surface area (Å²) < 4.78 is 9.82. The molecule has 130 valence electrons. The molecule has 25 heavy (non-hydrogen) atoms. The molecule has 0 saturated carbocycles. The van der Waals surface area contributed by atoms with E-state index in [-0.39, 0.29) is 5.78 Å². The first-order valence-corrected chi connectivity index (χ1v) is 8.22. The zero-order valence-corrected chi connectivity index (χ0v) is 14.5. The van der Waals surface area contributed by atoms with Gasteiger partial charge in [-0.2, -0.15) is 0 Å². The highest BCUT2D eigenvalue weighted by molar-refractivity contribution is 5.97. The fourth-order valence-corrected chi connectivity index (χ4v) is 2.33. The molecule has 0 heterocycles. The summed E-state index contributed by atoms with van der Waals surface area (Å²) >= 11 is 0. The zero-order chi connectivity index (χ0) is 18.1. The fourth-order valence-electron chi connectivity index (χ4n) is 2.33. The molecular formula is C21H22O4. The highest BCUT2D eigenvalue weighted by Gasteiger charge is 2.09. The van der Waals surface area contributed by atoms with Gasteiger partial charge in [0.05, 0.1) is 25.5 Å². The van der Waals surface area contributed by atoms with Gasteiger partial charge in [0, 0.05) is 12.0 Å². The number of carbonyl (C=O) groups is 2. The van der Waals surface area contributed by atoms with E-state index >= 15 is 0 Å². The van der Waals surface area contributed by atoms with Crippen LogP contribution in [0.4, 0.5) is 0 Å². The van der Waals surface area contributed by atoms with Gasteiger partial charge in [0.1, 0.15) is 0 Å². The van der Waals surface area contributed by atoms with Crippen molar-refractivity contribution in [3.8, 4) is 0 Å². The molecule has 0 aromatic heterocycles. The molecule has 0 bridgehead atoms. The summed E-state index contributed by atoms with van der Waals surface area (Å²) in [5, 5.41) is 0. The third-order valence-corrected chi connectivity index (χ3v) is 3.77. The van der Waals surface area contributed by atoms with E-state index in [1.165, 1.54) is 7.11 Å². The van der Waals surface area contributed by atoms with Crippen LogP contribution in [0.1, 0.15) is 45.2 Å². The second-order valence-electron chi connectivity index (χ2n) is 5.49. The lowest BCUT2D eigenvalue weighted by Gasteiger charge is -2.04. The molecule has 0 spiro atoms. The molecule has 4 nitrogen and oxygen atoms in total. The lowest BCUT2D eigenvalue weighted by molar-refractivity contribution is 0.0600. The number of ketones is 1. The Kier molecular flexibility index (Phi) is 6.96. The summed E-state index contributed by atoms with van der Waals surface area (Å²) in [6, 6.07) is 14.6. The van der Waals surface area contributed by atoms with Gasteiger partial charge in [-0.15, -0.1) is 0 Å². The zero-order valence-electron chi connectivity index (χ0n) is 14.5. The van der Waals surface area contributed by atoms with E-state index in [1.807, 2.05) is 37.3 Å². The lowest BCUT2D eigenvalue weighted by Crippen LogP contribution is -2.04. The highest BCUT2D eigenvalue weighted by atomic mass is 16.5. The van der Waals surface area contributed by atoms with Crippen molar-refractivity contribution in [1.82, 2.24) is 0 Å². The standard InChI is InChI=1S/C21H22O4/c1-3-25-15-14-17-6-4-16(5-7-17)8-13-20(22)18-9-11-19(12-10-18)21(23)24-2/h4-7,9-12,14-15H,3,8,13H2,1-2H3/b15-14+. The third kappa shape index (κ3) is 5.60. The van der Waals surface area contributed by atoms with Crippen molar-refractivity contribution in [3.05, 3.63) is 77.0 Å². The van der Waals surface area contributed by atoms with Gasteiger partial charge >= 0.3 is 5.97 Å². The summed E-state index contributed by atoms with van der Waals surface area (Å²) in [7, 11) is 1.33. The van der Waals surface area contributed by atoms with Crippen LogP contribution in [0.25, 0.3) is 6.08 Å². The maximum Gasteiger partial charge on any atom is 0.337 e. The molecule has 0 radical (unpaired) electrons. The molecule has 0 saturated heterocycles. The minimum Gasteiger partial charge on any atom is -0.501 e. The second-order valence-corrected chi connectivity index (χ2v) is 5.49. The Labute approximate surface area is 148 Å². The van der Waals surface area contributed by atoms with Crippen molar-refractivity contribution in [2.24, 2.45) is 0 Å². The van der Waals surface area contributed by atoms with Crippen molar-refractivity contribution in [3.63, 3.8) is 0 Å². The van der Waals surface area contributed by atoms with Gasteiger partial charge in [0.15, 0.2) is 5.78 Å². The molecule has 2 rings (SSSR count). The largest absolute Gasteiger partial charge is 0.501 e. The number of methoxy groups -OCH3 is 1. The van der Waals surface area contributed by atoms with Crippen LogP contribution in [-0.4, -0.2) is 25.5 Å². The number of benzene rings is 2. The van der Waals surface area contributed by atoms with E-state index in [0.717, 1.165) is 11.1 Å². The average Bonchev–Trinajstić information content (AvgIpc) is 2.66. The number of esters is 1. The van der Waals surface area contributed by atoms with E-state index in [1.54, 1.807) is 30.5 Å². The lowest BCUT2D eigenvalue weighted by atomic mass is 10.0. The van der Waals surface area contributed by atoms with Gasteiger partial charge in [0.25, 0.3) is 0 Å². The minimum absolute atomic E-state index is 0.0525. The maximum absolute atomic E-state index is 12.3. The molecule has 0 unspecified atom stereocenters. The van der Waals surface area contributed by atoms with Crippen molar-refractivity contribution in [2.75, 3.05) is 13.7 Å². The van der Waals surface area contributed by atoms with Crippen LogP contribution in [0, 0.1) is 0 Å². The number of rotatable bonds is 8. The maximum atomic E-state index is 12.3. The Morgan fingerprint density at radius 3 is 2.20 bits per heavy atom. The minimum atomic E-state index is -0.405. The quantitative estimate of drug-likeness (QED) is 0.409. The number of hydrogen-bond donors (Lipinski definition) is 0. The molecule has 0 aliphatic rings.